The minimum absolute atomic E-state index is 0. The van der Waals surface area contributed by atoms with E-state index in [1.165, 1.54) is 0 Å². The second-order valence-corrected chi connectivity index (χ2v) is 6.09. The summed E-state index contributed by atoms with van der Waals surface area (Å²) < 4.78 is 0.862. The topological polar surface area (TPSA) is 69.6 Å². The highest BCUT2D eigenvalue weighted by Gasteiger charge is 2.24. The molecule has 1 fully saturated rings. The lowest BCUT2D eigenvalue weighted by Crippen LogP contribution is -2.37. The summed E-state index contributed by atoms with van der Waals surface area (Å²) in [5.74, 6) is -0.959. The molecule has 1 aliphatic heterocycles. The highest BCUT2D eigenvalue weighted by molar-refractivity contribution is 9.10. The van der Waals surface area contributed by atoms with Crippen LogP contribution in [0.15, 0.2) is 28.7 Å². The number of carboxylic acids is 1. The minimum Gasteiger partial charge on any atom is -0.481 e. The molecule has 0 aliphatic carbocycles. The zero-order valence-electron chi connectivity index (χ0n) is 12.1. The van der Waals surface area contributed by atoms with Crippen molar-refractivity contribution in [3.63, 3.8) is 0 Å². The van der Waals surface area contributed by atoms with Gasteiger partial charge in [0.05, 0.1) is 11.6 Å². The predicted octanol–water partition coefficient (Wildman–Crippen LogP) is 3.00. The van der Waals surface area contributed by atoms with E-state index in [1.54, 1.807) is 0 Å². The first kappa shape index (κ1) is 18.9. The van der Waals surface area contributed by atoms with Crippen LogP contribution in [0.25, 0.3) is 0 Å². The number of piperidine rings is 1. The van der Waals surface area contributed by atoms with Crippen LogP contribution >= 0.6 is 28.3 Å². The van der Waals surface area contributed by atoms with E-state index in [0.29, 0.717) is 25.8 Å². The van der Waals surface area contributed by atoms with Crippen molar-refractivity contribution in [2.75, 3.05) is 25.0 Å². The van der Waals surface area contributed by atoms with Crippen LogP contribution in [0.1, 0.15) is 19.3 Å². The van der Waals surface area contributed by atoms with Crippen molar-refractivity contribution in [2.45, 2.75) is 19.3 Å². The highest BCUT2D eigenvalue weighted by atomic mass is 79.9. The largest absolute Gasteiger partial charge is 0.481 e. The third-order valence-electron chi connectivity index (χ3n) is 3.74. The number of nitrogens with zero attached hydrogens (tertiary/aromatic N) is 1. The fourth-order valence-electron chi connectivity index (χ4n) is 2.44. The van der Waals surface area contributed by atoms with Gasteiger partial charge in [-0.25, -0.2) is 0 Å². The summed E-state index contributed by atoms with van der Waals surface area (Å²) in [7, 11) is 0. The molecule has 2 rings (SSSR count). The summed E-state index contributed by atoms with van der Waals surface area (Å²) >= 11 is 3.39. The molecular weight excluding hydrogens is 372 g/mol. The zero-order chi connectivity index (χ0) is 15.2. The van der Waals surface area contributed by atoms with Gasteiger partial charge in [-0.2, -0.15) is 0 Å². The van der Waals surface area contributed by atoms with Crippen LogP contribution in [0.4, 0.5) is 5.69 Å². The van der Waals surface area contributed by atoms with Gasteiger partial charge in [0.2, 0.25) is 5.91 Å². The van der Waals surface area contributed by atoms with Crippen molar-refractivity contribution < 1.29 is 14.7 Å². The summed E-state index contributed by atoms with van der Waals surface area (Å²) in [4.78, 5) is 25.0. The Labute approximate surface area is 144 Å². The number of para-hydroxylation sites is 1. The number of halogens is 2. The van der Waals surface area contributed by atoms with Gasteiger partial charge in [-0.15, -0.1) is 12.4 Å². The van der Waals surface area contributed by atoms with Gasteiger partial charge in [0.15, 0.2) is 0 Å². The number of anilines is 1. The van der Waals surface area contributed by atoms with Crippen LogP contribution in [0.3, 0.4) is 0 Å². The summed E-state index contributed by atoms with van der Waals surface area (Å²) in [6.07, 6.45) is 1.75. The van der Waals surface area contributed by atoms with Crippen molar-refractivity contribution in [3.8, 4) is 0 Å². The van der Waals surface area contributed by atoms with Crippen molar-refractivity contribution >= 4 is 45.9 Å². The standard InChI is InChI=1S/C15H19BrN2O3.ClH/c16-12-3-1-2-4-13(12)17-14(19)7-10-18-8-5-11(6-9-18)15(20)21;/h1-4,11H,5-10H2,(H,17,19)(H,20,21);1H. The second kappa shape index (κ2) is 9.12. The van der Waals surface area contributed by atoms with Gasteiger partial charge in [0, 0.05) is 17.4 Å². The Morgan fingerprint density at radius 2 is 1.91 bits per heavy atom. The molecule has 1 aliphatic rings. The zero-order valence-corrected chi connectivity index (χ0v) is 14.5. The van der Waals surface area contributed by atoms with Crippen LogP contribution in [0.5, 0.6) is 0 Å². The lowest BCUT2D eigenvalue weighted by Gasteiger charge is -2.29. The number of likely N-dealkylation sites (tertiary alicyclic amines) is 1. The second-order valence-electron chi connectivity index (χ2n) is 5.23. The molecule has 7 heteroatoms. The summed E-state index contributed by atoms with van der Waals surface area (Å²) in [5, 5.41) is 11.8. The first-order valence-electron chi connectivity index (χ1n) is 7.06. The lowest BCUT2D eigenvalue weighted by molar-refractivity contribution is -0.143. The Morgan fingerprint density at radius 3 is 2.50 bits per heavy atom. The number of rotatable bonds is 5. The minimum atomic E-state index is -0.707. The average Bonchev–Trinajstić information content (AvgIpc) is 2.48. The smallest absolute Gasteiger partial charge is 0.306 e. The molecule has 1 aromatic rings. The fraction of sp³-hybridized carbons (Fsp3) is 0.467. The van der Waals surface area contributed by atoms with Gasteiger partial charge >= 0.3 is 5.97 Å². The maximum atomic E-state index is 11.9. The third-order valence-corrected chi connectivity index (χ3v) is 4.43. The maximum Gasteiger partial charge on any atom is 0.306 e. The van der Waals surface area contributed by atoms with E-state index in [9.17, 15) is 9.59 Å². The van der Waals surface area contributed by atoms with E-state index in [0.717, 1.165) is 23.2 Å². The Bertz CT molecular complexity index is 519. The summed E-state index contributed by atoms with van der Waals surface area (Å²) in [6.45, 7) is 2.17. The van der Waals surface area contributed by atoms with E-state index in [-0.39, 0.29) is 24.2 Å². The van der Waals surface area contributed by atoms with Gasteiger partial charge in [-0.05, 0) is 54.0 Å². The fourth-order valence-corrected chi connectivity index (χ4v) is 2.82. The summed E-state index contributed by atoms with van der Waals surface area (Å²) in [6, 6.07) is 7.50. The number of carbonyl (C=O) groups excluding carboxylic acids is 1. The molecule has 1 heterocycles. The van der Waals surface area contributed by atoms with Crippen LogP contribution < -0.4 is 5.32 Å². The quantitative estimate of drug-likeness (QED) is 0.809. The number of nitrogens with one attached hydrogen (secondary N) is 1. The molecule has 0 spiro atoms. The molecule has 1 saturated heterocycles. The van der Waals surface area contributed by atoms with Gasteiger partial charge in [-0.1, -0.05) is 12.1 Å². The van der Waals surface area contributed by atoms with Crippen molar-refractivity contribution in [2.24, 2.45) is 5.92 Å². The Morgan fingerprint density at radius 1 is 1.27 bits per heavy atom. The highest BCUT2D eigenvalue weighted by Crippen LogP contribution is 2.21. The van der Waals surface area contributed by atoms with E-state index < -0.39 is 5.97 Å². The molecule has 0 atom stereocenters. The third kappa shape index (κ3) is 5.59. The van der Waals surface area contributed by atoms with Gasteiger partial charge in [0.25, 0.3) is 0 Å². The van der Waals surface area contributed by atoms with E-state index in [1.807, 2.05) is 24.3 Å². The monoisotopic (exact) mass is 390 g/mol. The normalized spacial score (nSPS) is 15.9. The predicted molar refractivity (Wildman–Crippen MR) is 91.4 cm³/mol. The lowest BCUT2D eigenvalue weighted by atomic mass is 9.97. The number of aliphatic carboxylic acids is 1. The van der Waals surface area contributed by atoms with Gasteiger partial charge in [0.1, 0.15) is 0 Å². The Kier molecular flexibility index (Phi) is 7.85. The van der Waals surface area contributed by atoms with Crippen LogP contribution in [0, 0.1) is 5.92 Å². The molecular formula is C15H20BrClN2O3. The molecule has 0 saturated carbocycles. The van der Waals surface area contributed by atoms with Crippen molar-refractivity contribution in [1.29, 1.82) is 0 Å². The molecule has 1 aromatic carbocycles. The molecule has 22 heavy (non-hydrogen) atoms. The van der Waals surface area contributed by atoms with Gasteiger partial charge in [-0.3, -0.25) is 9.59 Å². The molecule has 0 aromatic heterocycles. The van der Waals surface area contributed by atoms with E-state index >= 15 is 0 Å². The molecule has 122 valence electrons. The molecule has 0 radical (unpaired) electrons. The van der Waals surface area contributed by atoms with Crippen molar-refractivity contribution in [3.05, 3.63) is 28.7 Å². The van der Waals surface area contributed by atoms with Crippen LogP contribution in [0.2, 0.25) is 0 Å². The van der Waals surface area contributed by atoms with Crippen molar-refractivity contribution in [1.82, 2.24) is 4.90 Å². The Balaban J connectivity index is 0.00000242. The van der Waals surface area contributed by atoms with E-state index in [2.05, 4.69) is 26.1 Å². The Hall–Kier alpha value is -1.11. The number of hydrogen-bond donors (Lipinski definition) is 2. The molecule has 0 bridgehead atoms. The van der Waals surface area contributed by atoms with Crippen LogP contribution in [-0.4, -0.2) is 41.5 Å². The number of carbonyl (C=O) groups is 2. The number of benzene rings is 1. The first-order valence-corrected chi connectivity index (χ1v) is 7.85. The SMILES string of the molecule is Cl.O=C(CCN1CCC(C(=O)O)CC1)Nc1ccccc1Br. The first-order chi connectivity index (χ1) is 10.1. The van der Waals surface area contributed by atoms with Gasteiger partial charge < -0.3 is 15.3 Å². The van der Waals surface area contributed by atoms with Crippen LogP contribution in [-0.2, 0) is 9.59 Å². The molecule has 5 nitrogen and oxygen atoms in total. The molecule has 1 amide bonds. The summed E-state index contributed by atoms with van der Waals surface area (Å²) in [5.41, 5.74) is 0.770. The maximum absolute atomic E-state index is 11.9. The van der Waals surface area contributed by atoms with E-state index in [4.69, 9.17) is 5.11 Å². The molecule has 2 N–H and O–H groups in total. The number of hydrogen-bond acceptors (Lipinski definition) is 3. The number of amides is 1. The molecule has 0 unspecified atom stereocenters. The average molecular weight is 392 g/mol. The number of carboxylic acid groups (broad SMARTS) is 1.